The molecule has 6 nitrogen and oxygen atoms in total. The predicted molar refractivity (Wildman–Crippen MR) is 115 cm³/mol. The molecular weight excluding hydrogens is 376 g/mol. The van der Waals surface area contributed by atoms with E-state index in [1.165, 1.54) is 12.0 Å². The standard InChI is InChI=1S/C24H32N4O2/c1-16-21(26-15-25-16)14-27-12-18-11-19(13-27)23(28-22(18)7-4-8-24(28)29)10-17-5-3-6-20(9-17)30-2/h3,5-6,9,15,18-19,22-23H,4,7-8,10-14H2,1-2H3,(H,25,26)/t18-,19+,22+,23+/m1/s1. The lowest BCUT2D eigenvalue weighted by Gasteiger charge is -2.56. The molecule has 3 saturated heterocycles. The molecule has 0 radical (unpaired) electrons. The molecule has 0 aliphatic carbocycles. The van der Waals surface area contributed by atoms with E-state index in [9.17, 15) is 4.79 Å². The molecule has 1 aromatic carbocycles. The Bertz CT molecular complexity index is 910. The summed E-state index contributed by atoms with van der Waals surface area (Å²) in [5.41, 5.74) is 3.57. The van der Waals surface area contributed by atoms with Gasteiger partial charge in [-0.15, -0.1) is 0 Å². The summed E-state index contributed by atoms with van der Waals surface area (Å²) >= 11 is 0. The van der Waals surface area contributed by atoms with Crippen molar-refractivity contribution in [3.05, 3.63) is 47.5 Å². The maximum atomic E-state index is 13.0. The Morgan fingerprint density at radius 1 is 1.27 bits per heavy atom. The van der Waals surface area contributed by atoms with Crippen molar-refractivity contribution in [3.8, 4) is 5.75 Å². The largest absolute Gasteiger partial charge is 0.497 e. The second kappa shape index (κ2) is 8.06. The Morgan fingerprint density at radius 3 is 2.93 bits per heavy atom. The molecule has 2 bridgehead atoms. The van der Waals surface area contributed by atoms with Gasteiger partial charge in [0.1, 0.15) is 5.75 Å². The summed E-state index contributed by atoms with van der Waals surface area (Å²) in [6.07, 6.45) is 6.83. The van der Waals surface area contributed by atoms with Crippen LogP contribution in [0.15, 0.2) is 30.6 Å². The number of hydrogen-bond acceptors (Lipinski definition) is 4. The van der Waals surface area contributed by atoms with Gasteiger partial charge in [-0.05, 0) is 62.1 Å². The van der Waals surface area contributed by atoms with Crippen molar-refractivity contribution in [1.29, 1.82) is 0 Å². The SMILES string of the molecule is COc1cccc(C[C@H]2[C@H]3C[C@H](CN(Cc4nc[nH]c4C)C3)[C@@H]3CCCC(=O)N32)c1. The van der Waals surface area contributed by atoms with Gasteiger partial charge in [-0.3, -0.25) is 9.69 Å². The number of amides is 1. The highest BCUT2D eigenvalue weighted by Gasteiger charge is 2.49. The van der Waals surface area contributed by atoms with E-state index in [4.69, 9.17) is 4.74 Å². The Balaban J connectivity index is 1.41. The third kappa shape index (κ3) is 3.62. The van der Waals surface area contributed by atoms with E-state index in [1.807, 2.05) is 6.07 Å². The van der Waals surface area contributed by atoms with Crippen LogP contribution in [0.5, 0.6) is 5.75 Å². The van der Waals surface area contributed by atoms with Gasteiger partial charge >= 0.3 is 0 Å². The van der Waals surface area contributed by atoms with Crippen LogP contribution in [0.2, 0.25) is 0 Å². The number of aryl methyl sites for hydroxylation is 1. The Kier molecular flexibility index (Phi) is 5.27. The molecule has 6 heteroatoms. The van der Waals surface area contributed by atoms with E-state index >= 15 is 0 Å². The molecule has 3 fully saturated rings. The van der Waals surface area contributed by atoms with Crippen molar-refractivity contribution in [1.82, 2.24) is 19.8 Å². The van der Waals surface area contributed by atoms with E-state index in [0.29, 0.717) is 30.2 Å². The third-order valence-corrected chi connectivity index (χ3v) is 7.46. The molecule has 4 heterocycles. The smallest absolute Gasteiger partial charge is 0.223 e. The summed E-state index contributed by atoms with van der Waals surface area (Å²) in [5, 5.41) is 0. The number of carbonyl (C=O) groups excluding carboxylic acids is 1. The zero-order valence-electron chi connectivity index (χ0n) is 18.0. The lowest BCUT2D eigenvalue weighted by molar-refractivity contribution is -0.152. The number of carbonyl (C=O) groups is 1. The van der Waals surface area contributed by atoms with Gasteiger partial charge in [0.25, 0.3) is 0 Å². The van der Waals surface area contributed by atoms with E-state index in [0.717, 1.165) is 56.0 Å². The molecule has 160 valence electrons. The molecule has 5 rings (SSSR count). The van der Waals surface area contributed by atoms with Gasteiger partial charge in [-0.2, -0.15) is 0 Å². The molecule has 3 aliphatic rings. The number of methoxy groups -OCH3 is 1. The van der Waals surface area contributed by atoms with Crippen LogP contribution in [0.3, 0.4) is 0 Å². The Hall–Kier alpha value is -2.34. The number of imidazole rings is 1. The van der Waals surface area contributed by atoms with Crippen LogP contribution in [0.25, 0.3) is 0 Å². The van der Waals surface area contributed by atoms with Crippen LogP contribution in [0.4, 0.5) is 0 Å². The number of benzene rings is 1. The highest BCUT2D eigenvalue weighted by Crippen LogP contribution is 2.43. The molecule has 1 aromatic heterocycles. The second-order valence-electron chi connectivity index (χ2n) is 9.31. The van der Waals surface area contributed by atoms with Crippen LogP contribution in [-0.4, -0.2) is 58.0 Å². The lowest BCUT2D eigenvalue weighted by atomic mass is 9.70. The van der Waals surface area contributed by atoms with Gasteiger partial charge in [-0.1, -0.05) is 12.1 Å². The highest BCUT2D eigenvalue weighted by atomic mass is 16.5. The lowest BCUT2D eigenvalue weighted by Crippen LogP contribution is -2.65. The highest BCUT2D eigenvalue weighted by molar-refractivity contribution is 5.78. The van der Waals surface area contributed by atoms with Gasteiger partial charge in [-0.25, -0.2) is 4.98 Å². The topological polar surface area (TPSA) is 61.5 Å². The predicted octanol–water partition coefficient (Wildman–Crippen LogP) is 3.17. The quantitative estimate of drug-likeness (QED) is 0.826. The fourth-order valence-corrected chi connectivity index (χ4v) is 6.06. The number of ether oxygens (including phenoxy) is 1. The third-order valence-electron chi connectivity index (χ3n) is 7.46. The molecule has 2 aromatic rings. The van der Waals surface area contributed by atoms with Gasteiger partial charge < -0.3 is 14.6 Å². The minimum Gasteiger partial charge on any atom is -0.497 e. The molecule has 30 heavy (non-hydrogen) atoms. The van der Waals surface area contributed by atoms with Gasteiger partial charge in [0.05, 0.1) is 19.1 Å². The molecule has 1 N–H and O–H groups in total. The number of likely N-dealkylation sites (tertiary alicyclic amines) is 1. The Labute approximate surface area is 178 Å². The van der Waals surface area contributed by atoms with Crippen LogP contribution in [0, 0.1) is 18.8 Å². The number of aromatic nitrogens is 2. The van der Waals surface area contributed by atoms with E-state index in [1.54, 1.807) is 13.4 Å². The molecule has 3 aliphatic heterocycles. The van der Waals surface area contributed by atoms with Gasteiger partial charge in [0.2, 0.25) is 5.91 Å². The average Bonchev–Trinajstić information content (AvgIpc) is 3.15. The second-order valence-corrected chi connectivity index (χ2v) is 9.31. The average molecular weight is 409 g/mol. The molecule has 1 amide bonds. The maximum absolute atomic E-state index is 13.0. The molecule has 0 spiro atoms. The van der Waals surface area contributed by atoms with Crippen LogP contribution >= 0.6 is 0 Å². The van der Waals surface area contributed by atoms with Gasteiger partial charge in [0.15, 0.2) is 0 Å². The number of nitrogens with zero attached hydrogens (tertiary/aromatic N) is 3. The zero-order valence-corrected chi connectivity index (χ0v) is 18.0. The first-order valence-corrected chi connectivity index (χ1v) is 11.3. The normalized spacial score (nSPS) is 29.0. The summed E-state index contributed by atoms with van der Waals surface area (Å²) < 4.78 is 5.44. The van der Waals surface area contributed by atoms with Crippen molar-refractivity contribution in [2.24, 2.45) is 11.8 Å². The Morgan fingerprint density at radius 2 is 2.13 bits per heavy atom. The number of fused-ring (bicyclic) bond motifs is 4. The molecular formula is C24H32N4O2. The monoisotopic (exact) mass is 408 g/mol. The molecule has 4 atom stereocenters. The van der Waals surface area contributed by atoms with Crippen molar-refractivity contribution in [2.75, 3.05) is 20.2 Å². The zero-order chi connectivity index (χ0) is 20.7. The van der Waals surface area contributed by atoms with E-state index in [-0.39, 0.29) is 6.04 Å². The van der Waals surface area contributed by atoms with Crippen molar-refractivity contribution >= 4 is 5.91 Å². The van der Waals surface area contributed by atoms with Crippen LogP contribution in [0.1, 0.15) is 42.6 Å². The number of piperidine rings is 3. The summed E-state index contributed by atoms with van der Waals surface area (Å²) in [7, 11) is 1.71. The maximum Gasteiger partial charge on any atom is 0.223 e. The first-order chi connectivity index (χ1) is 14.6. The number of aromatic amines is 1. The summed E-state index contributed by atoms with van der Waals surface area (Å²) in [4.78, 5) is 25.7. The van der Waals surface area contributed by atoms with Crippen molar-refractivity contribution in [2.45, 2.75) is 57.7 Å². The van der Waals surface area contributed by atoms with Crippen molar-refractivity contribution in [3.63, 3.8) is 0 Å². The first kappa shape index (κ1) is 19.6. The summed E-state index contributed by atoms with van der Waals surface area (Å²) in [6, 6.07) is 9.01. The fraction of sp³-hybridized carbons (Fsp3) is 0.583. The number of nitrogens with one attached hydrogen (secondary N) is 1. The number of hydrogen-bond donors (Lipinski definition) is 1. The van der Waals surface area contributed by atoms with Crippen LogP contribution < -0.4 is 4.74 Å². The van der Waals surface area contributed by atoms with Crippen LogP contribution in [-0.2, 0) is 17.8 Å². The first-order valence-electron chi connectivity index (χ1n) is 11.3. The van der Waals surface area contributed by atoms with Crippen molar-refractivity contribution < 1.29 is 9.53 Å². The van der Waals surface area contributed by atoms with E-state index < -0.39 is 0 Å². The minimum absolute atomic E-state index is 0.272. The minimum atomic E-state index is 0.272. The molecule has 0 saturated carbocycles. The van der Waals surface area contributed by atoms with Gasteiger partial charge in [0, 0.05) is 43.8 Å². The summed E-state index contributed by atoms with van der Waals surface area (Å²) in [6.45, 7) is 5.10. The summed E-state index contributed by atoms with van der Waals surface area (Å²) in [5.74, 6) is 2.34. The number of H-pyrrole nitrogens is 1. The fourth-order valence-electron chi connectivity index (χ4n) is 6.06. The number of rotatable bonds is 5. The molecule has 0 unspecified atom stereocenters. The van der Waals surface area contributed by atoms with E-state index in [2.05, 4.69) is 44.9 Å².